The van der Waals surface area contributed by atoms with Crippen molar-refractivity contribution in [2.75, 3.05) is 24.3 Å². The van der Waals surface area contributed by atoms with Crippen molar-refractivity contribution >= 4 is 51.4 Å². The van der Waals surface area contributed by atoms with Gasteiger partial charge in [0.05, 0.1) is 26.8 Å². The van der Waals surface area contributed by atoms with Crippen molar-refractivity contribution in [1.29, 1.82) is 0 Å². The van der Waals surface area contributed by atoms with Crippen LogP contribution in [0.15, 0.2) is 42.5 Å². The van der Waals surface area contributed by atoms with Gasteiger partial charge in [0.15, 0.2) is 11.6 Å². The number of aromatic nitrogens is 4. The summed E-state index contributed by atoms with van der Waals surface area (Å²) in [6, 6.07) is 13.5. The minimum atomic E-state index is 0.438. The average molecular weight is 427 g/mol. The first kappa shape index (κ1) is 19.5. The Bertz CT molecular complexity index is 1200. The van der Waals surface area contributed by atoms with Crippen LogP contribution < -0.4 is 10.2 Å². The Hall–Kier alpha value is -2.83. The van der Waals surface area contributed by atoms with E-state index in [9.17, 15) is 0 Å². The van der Waals surface area contributed by atoms with Crippen molar-refractivity contribution in [1.82, 2.24) is 19.7 Å². The highest BCUT2D eigenvalue weighted by molar-refractivity contribution is 6.42. The number of anilines is 3. The van der Waals surface area contributed by atoms with Crippen LogP contribution in [-0.4, -0.2) is 33.8 Å². The second kappa shape index (κ2) is 7.54. The largest absolute Gasteiger partial charge is 0.378 e. The lowest BCUT2D eigenvalue weighted by atomic mass is 10.2. The molecule has 4 aromatic rings. The second-order valence-corrected chi connectivity index (χ2v) is 7.87. The van der Waals surface area contributed by atoms with E-state index in [1.165, 1.54) is 0 Å². The maximum atomic E-state index is 6.19. The Morgan fingerprint density at radius 1 is 0.897 bits per heavy atom. The molecule has 0 fully saturated rings. The van der Waals surface area contributed by atoms with Crippen molar-refractivity contribution in [3.05, 3.63) is 63.9 Å². The molecule has 0 saturated heterocycles. The molecule has 0 spiro atoms. The fourth-order valence-electron chi connectivity index (χ4n) is 3.10. The molecule has 0 saturated carbocycles. The van der Waals surface area contributed by atoms with Crippen LogP contribution in [0.1, 0.15) is 11.4 Å². The Kier molecular flexibility index (Phi) is 5.06. The average Bonchev–Trinajstić information content (AvgIpc) is 3.01. The number of hydrogen-bond donors (Lipinski definition) is 1. The predicted octanol–water partition coefficient (Wildman–Crippen LogP) is 5.55. The molecular weight excluding hydrogens is 407 g/mol. The smallest absolute Gasteiger partial charge is 0.197 e. The van der Waals surface area contributed by atoms with Gasteiger partial charge in [0.2, 0.25) is 0 Å². The monoisotopic (exact) mass is 426 g/mol. The number of halogens is 2. The van der Waals surface area contributed by atoms with Gasteiger partial charge in [0, 0.05) is 31.2 Å². The third-order valence-corrected chi connectivity index (χ3v) is 5.27. The Labute approximate surface area is 179 Å². The van der Waals surface area contributed by atoms with Crippen molar-refractivity contribution in [3.63, 3.8) is 0 Å². The molecule has 148 valence electrons. The number of nitrogens with zero attached hydrogens (tertiary/aromatic N) is 5. The lowest BCUT2D eigenvalue weighted by Crippen LogP contribution is -2.10. The Morgan fingerprint density at radius 2 is 1.52 bits per heavy atom. The quantitative estimate of drug-likeness (QED) is 0.463. The minimum Gasteiger partial charge on any atom is -0.378 e. The lowest BCUT2D eigenvalue weighted by Gasteiger charge is -2.15. The first-order valence-corrected chi connectivity index (χ1v) is 9.82. The molecule has 1 N–H and O–H groups in total. The molecule has 29 heavy (non-hydrogen) atoms. The number of fused-ring (bicyclic) bond motifs is 1. The number of hydrogen-bond acceptors (Lipinski definition) is 5. The van der Waals surface area contributed by atoms with E-state index in [0.717, 1.165) is 22.8 Å². The van der Waals surface area contributed by atoms with Crippen LogP contribution in [0.4, 0.5) is 17.2 Å². The van der Waals surface area contributed by atoms with Gasteiger partial charge in [0.1, 0.15) is 0 Å². The fraction of sp³-hybridized carbons (Fsp3) is 0.190. The van der Waals surface area contributed by atoms with Crippen LogP contribution in [0.2, 0.25) is 10.0 Å². The van der Waals surface area contributed by atoms with Crippen LogP contribution in [-0.2, 0) is 0 Å². The van der Waals surface area contributed by atoms with E-state index in [1.54, 1.807) is 16.8 Å². The first-order valence-electron chi connectivity index (χ1n) is 9.06. The molecule has 0 radical (unpaired) electrons. The standard InChI is InChI=1S/C21H20Cl2N6/c1-12-9-13(2)29(27-12)21-20(24-14-5-7-15(8-6-14)28(3)4)25-18-10-16(22)17(23)11-19(18)26-21/h5-11H,1-4H3,(H,24,25). The molecule has 0 unspecified atom stereocenters. The van der Waals surface area contributed by atoms with Gasteiger partial charge < -0.3 is 10.2 Å². The molecule has 2 aromatic carbocycles. The van der Waals surface area contributed by atoms with Crippen LogP contribution in [0.25, 0.3) is 16.9 Å². The van der Waals surface area contributed by atoms with Crippen LogP contribution in [0.3, 0.4) is 0 Å². The summed E-state index contributed by atoms with van der Waals surface area (Å²) in [5, 5.41) is 8.82. The van der Waals surface area contributed by atoms with Crippen molar-refractivity contribution in [3.8, 4) is 5.82 Å². The summed E-state index contributed by atoms with van der Waals surface area (Å²) in [5.74, 6) is 1.18. The number of rotatable bonds is 4. The van der Waals surface area contributed by atoms with Crippen LogP contribution in [0.5, 0.6) is 0 Å². The summed E-state index contributed by atoms with van der Waals surface area (Å²) in [6.45, 7) is 3.93. The summed E-state index contributed by atoms with van der Waals surface area (Å²) < 4.78 is 1.78. The summed E-state index contributed by atoms with van der Waals surface area (Å²) >= 11 is 12.4. The lowest BCUT2D eigenvalue weighted by molar-refractivity contribution is 0.808. The van der Waals surface area contributed by atoms with Gasteiger partial charge >= 0.3 is 0 Å². The first-order chi connectivity index (χ1) is 13.8. The van der Waals surface area contributed by atoms with Crippen LogP contribution >= 0.6 is 23.2 Å². The number of nitrogens with one attached hydrogen (secondary N) is 1. The number of benzene rings is 2. The molecule has 2 heterocycles. The SMILES string of the molecule is Cc1cc(C)n(-c2nc3cc(Cl)c(Cl)cc3nc2Nc2ccc(N(C)C)cc2)n1. The van der Waals surface area contributed by atoms with Gasteiger partial charge in [0.25, 0.3) is 0 Å². The molecule has 0 aliphatic heterocycles. The van der Waals surface area contributed by atoms with E-state index in [2.05, 4.69) is 10.4 Å². The van der Waals surface area contributed by atoms with E-state index >= 15 is 0 Å². The molecule has 0 amide bonds. The summed E-state index contributed by atoms with van der Waals surface area (Å²) in [5.41, 5.74) is 5.17. The highest BCUT2D eigenvalue weighted by Gasteiger charge is 2.16. The van der Waals surface area contributed by atoms with Gasteiger partial charge in [-0.3, -0.25) is 0 Å². The molecule has 2 aromatic heterocycles. The van der Waals surface area contributed by atoms with Gasteiger partial charge in [-0.25, -0.2) is 14.6 Å². The molecule has 0 bridgehead atoms. The third-order valence-electron chi connectivity index (χ3n) is 4.54. The summed E-state index contributed by atoms with van der Waals surface area (Å²) in [6.07, 6.45) is 0. The van der Waals surface area contributed by atoms with Crippen LogP contribution in [0, 0.1) is 13.8 Å². The molecule has 4 rings (SSSR count). The Balaban J connectivity index is 1.86. The summed E-state index contributed by atoms with van der Waals surface area (Å²) in [7, 11) is 4.01. The number of aryl methyl sites for hydroxylation is 2. The van der Waals surface area contributed by atoms with Gasteiger partial charge in [-0.2, -0.15) is 5.10 Å². The van der Waals surface area contributed by atoms with Gasteiger partial charge in [-0.1, -0.05) is 23.2 Å². The van der Waals surface area contributed by atoms with E-state index in [0.29, 0.717) is 32.7 Å². The second-order valence-electron chi connectivity index (χ2n) is 7.06. The molecule has 0 atom stereocenters. The van der Waals surface area contributed by atoms with Gasteiger partial charge in [-0.15, -0.1) is 0 Å². The highest BCUT2D eigenvalue weighted by Crippen LogP contribution is 2.30. The minimum absolute atomic E-state index is 0.438. The van der Waals surface area contributed by atoms with E-state index in [-0.39, 0.29) is 0 Å². The van der Waals surface area contributed by atoms with E-state index < -0.39 is 0 Å². The van der Waals surface area contributed by atoms with Gasteiger partial charge in [-0.05, 0) is 56.3 Å². The third kappa shape index (κ3) is 3.86. The maximum Gasteiger partial charge on any atom is 0.197 e. The van der Waals surface area contributed by atoms with Crippen molar-refractivity contribution < 1.29 is 0 Å². The van der Waals surface area contributed by atoms with Crippen molar-refractivity contribution in [2.45, 2.75) is 13.8 Å². The molecule has 0 aliphatic rings. The predicted molar refractivity (Wildman–Crippen MR) is 120 cm³/mol. The van der Waals surface area contributed by atoms with E-state index in [1.807, 2.05) is 63.2 Å². The summed E-state index contributed by atoms with van der Waals surface area (Å²) in [4.78, 5) is 11.6. The highest BCUT2D eigenvalue weighted by atomic mass is 35.5. The molecule has 6 nitrogen and oxygen atoms in total. The fourth-order valence-corrected chi connectivity index (χ4v) is 3.41. The zero-order valence-electron chi connectivity index (χ0n) is 16.5. The zero-order valence-corrected chi connectivity index (χ0v) is 18.0. The maximum absolute atomic E-state index is 6.19. The molecule has 0 aliphatic carbocycles. The normalized spacial score (nSPS) is 11.1. The van der Waals surface area contributed by atoms with E-state index in [4.69, 9.17) is 33.2 Å². The molecule has 8 heteroatoms. The Morgan fingerprint density at radius 3 is 2.07 bits per heavy atom. The molecular formula is C21H20Cl2N6. The van der Waals surface area contributed by atoms with Crippen molar-refractivity contribution in [2.24, 2.45) is 0 Å². The topological polar surface area (TPSA) is 58.9 Å². The zero-order chi connectivity index (χ0) is 20.7.